The molecule has 4 aromatic rings. The molecular weight excluding hydrogens is 530 g/mol. The van der Waals surface area contributed by atoms with Crippen LogP contribution in [0.15, 0.2) is 143 Å². The minimum atomic E-state index is -0.434. The molecule has 2 heteroatoms. The van der Waals surface area contributed by atoms with Gasteiger partial charge in [-0.05, 0) is 96.7 Å². The largest absolute Gasteiger partial charge is 0.0622 e. The maximum absolute atomic E-state index is 2.54. The molecule has 0 N–H and O–H groups in total. The molecule has 200 valence electrons. The van der Waals surface area contributed by atoms with Crippen LogP contribution in [0.2, 0.25) is 0 Å². The number of hydrogen-bond donors (Lipinski definition) is 0. The summed E-state index contributed by atoms with van der Waals surface area (Å²) in [4.78, 5) is 0. The zero-order valence-corrected chi connectivity index (χ0v) is 25.7. The van der Waals surface area contributed by atoms with Crippen LogP contribution in [-0.4, -0.2) is 12.3 Å². The Bertz CT molecular complexity index is 1790. The average Bonchev–Trinajstić information content (AvgIpc) is 3.73. The highest BCUT2D eigenvalue weighted by molar-refractivity contribution is 7.79. The molecule has 4 heterocycles. The van der Waals surface area contributed by atoms with Gasteiger partial charge in [-0.3, -0.25) is 0 Å². The molecule has 4 bridgehead atoms. The van der Waals surface area contributed by atoms with Gasteiger partial charge in [0.1, 0.15) is 0 Å². The van der Waals surface area contributed by atoms with Crippen molar-refractivity contribution >= 4 is 37.6 Å². The van der Waals surface area contributed by atoms with Crippen LogP contribution in [0.4, 0.5) is 0 Å². The Kier molecular flexibility index (Phi) is 5.97. The first-order chi connectivity index (χ1) is 20.1. The Morgan fingerprint density at radius 2 is 1.02 bits per heavy atom. The molecule has 0 aliphatic carbocycles. The SMILES string of the molecule is CC1=C(C2=C(C)[C@@]3(C)C[P@@]2C(c2ccccc2)=C3c2ccccc2)[P@@]2C[C@H]1C(c1ccccc1)=C2c1ccccc1. The van der Waals surface area contributed by atoms with E-state index in [1.165, 1.54) is 34.6 Å². The van der Waals surface area contributed by atoms with Crippen molar-refractivity contribution in [2.24, 2.45) is 11.3 Å². The smallest absolute Gasteiger partial charge is 0.0198 e. The van der Waals surface area contributed by atoms with Crippen molar-refractivity contribution in [3.63, 3.8) is 0 Å². The van der Waals surface area contributed by atoms with E-state index in [0.717, 1.165) is 0 Å². The van der Waals surface area contributed by atoms with Crippen molar-refractivity contribution in [1.29, 1.82) is 0 Å². The lowest BCUT2D eigenvalue weighted by molar-refractivity contribution is 0.628. The summed E-state index contributed by atoms with van der Waals surface area (Å²) in [6.45, 7) is 7.50. The normalized spacial score (nSPS) is 26.7. The predicted octanol–water partition coefficient (Wildman–Crippen LogP) is 11.3. The van der Waals surface area contributed by atoms with E-state index in [2.05, 4.69) is 142 Å². The van der Waals surface area contributed by atoms with Gasteiger partial charge in [-0.25, -0.2) is 0 Å². The third kappa shape index (κ3) is 3.67. The second-order valence-electron chi connectivity index (χ2n) is 12.0. The van der Waals surface area contributed by atoms with Crippen molar-refractivity contribution in [1.82, 2.24) is 0 Å². The number of rotatable bonds is 5. The molecule has 0 nitrogen and oxygen atoms in total. The van der Waals surface area contributed by atoms with E-state index >= 15 is 0 Å². The van der Waals surface area contributed by atoms with E-state index in [9.17, 15) is 0 Å². The van der Waals surface area contributed by atoms with E-state index < -0.39 is 15.8 Å². The number of benzene rings is 4. The summed E-state index contributed by atoms with van der Waals surface area (Å²) >= 11 is 0. The van der Waals surface area contributed by atoms with E-state index in [0.29, 0.717) is 5.92 Å². The molecule has 0 unspecified atom stereocenters. The van der Waals surface area contributed by atoms with E-state index in [-0.39, 0.29) is 5.41 Å². The Hall–Kier alpha value is -3.30. The maximum Gasteiger partial charge on any atom is 0.0198 e. The van der Waals surface area contributed by atoms with Crippen LogP contribution in [0.25, 0.3) is 21.8 Å². The zero-order valence-electron chi connectivity index (χ0n) is 23.9. The average molecular weight is 565 g/mol. The van der Waals surface area contributed by atoms with Gasteiger partial charge in [-0.2, -0.15) is 0 Å². The highest BCUT2D eigenvalue weighted by Crippen LogP contribution is 2.85. The van der Waals surface area contributed by atoms with Gasteiger partial charge in [-0.15, -0.1) is 0 Å². The number of hydrogen-bond acceptors (Lipinski definition) is 0. The molecule has 4 aliphatic rings. The van der Waals surface area contributed by atoms with Gasteiger partial charge in [0.05, 0.1) is 0 Å². The highest BCUT2D eigenvalue weighted by atomic mass is 31.1. The minimum absolute atomic E-state index is 0.0814. The third-order valence-corrected chi connectivity index (χ3v) is 16.0. The van der Waals surface area contributed by atoms with Crippen molar-refractivity contribution in [2.45, 2.75) is 20.8 Å². The summed E-state index contributed by atoms with van der Waals surface area (Å²) in [7, 11) is -0.841. The lowest BCUT2D eigenvalue weighted by Crippen LogP contribution is -2.19. The molecule has 41 heavy (non-hydrogen) atoms. The quantitative estimate of drug-likeness (QED) is 0.212. The summed E-state index contributed by atoms with van der Waals surface area (Å²) in [6.07, 6.45) is 2.52. The Labute approximate surface area is 246 Å². The summed E-state index contributed by atoms with van der Waals surface area (Å²) in [5, 5.41) is 6.75. The van der Waals surface area contributed by atoms with Gasteiger partial charge in [0.2, 0.25) is 0 Å². The van der Waals surface area contributed by atoms with Crippen molar-refractivity contribution in [3.05, 3.63) is 165 Å². The molecule has 0 saturated heterocycles. The van der Waals surface area contributed by atoms with Crippen LogP contribution in [0.1, 0.15) is 43.0 Å². The lowest BCUT2D eigenvalue weighted by atomic mass is 9.74. The molecule has 4 atom stereocenters. The number of fused-ring (bicyclic) bond motifs is 4. The predicted molar refractivity (Wildman–Crippen MR) is 180 cm³/mol. The van der Waals surface area contributed by atoms with Gasteiger partial charge in [0.25, 0.3) is 0 Å². The molecule has 4 aliphatic heterocycles. The molecule has 8 rings (SSSR count). The van der Waals surface area contributed by atoms with Gasteiger partial charge in [-0.1, -0.05) is 139 Å². The first-order valence-corrected chi connectivity index (χ1v) is 17.8. The van der Waals surface area contributed by atoms with E-state index in [1.54, 1.807) is 43.5 Å². The highest BCUT2D eigenvalue weighted by Gasteiger charge is 2.56. The van der Waals surface area contributed by atoms with E-state index in [4.69, 9.17) is 0 Å². The minimum Gasteiger partial charge on any atom is -0.0622 e. The van der Waals surface area contributed by atoms with Gasteiger partial charge in [0.15, 0.2) is 0 Å². The van der Waals surface area contributed by atoms with Crippen LogP contribution in [0.5, 0.6) is 0 Å². The lowest BCUT2D eigenvalue weighted by Gasteiger charge is -2.34. The Morgan fingerprint density at radius 3 is 1.59 bits per heavy atom. The fourth-order valence-corrected chi connectivity index (χ4v) is 15.8. The van der Waals surface area contributed by atoms with Crippen LogP contribution >= 0.6 is 15.8 Å². The topological polar surface area (TPSA) is 0 Å². The monoisotopic (exact) mass is 564 g/mol. The van der Waals surface area contributed by atoms with Crippen molar-refractivity contribution < 1.29 is 0 Å². The van der Waals surface area contributed by atoms with Crippen LogP contribution in [0.3, 0.4) is 0 Å². The molecular formula is C39H34P2. The third-order valence-electron chi connectivity index (χ3n) is 9.86. The first kappa shape index (κ1) is 25.4. The van der Waals surface area contributed by atoms with Crippen LogP contribution in [-0.2, 0) is 0 Å². The maximum atomic E-state index is 2.54. The molecule has 0 radical (unpaired) electrons. The second-order valence-corrected chi connectivity index (χ2v) is 16.2. The fraction of sp³-hybridized carbons (Fsp3) is 0.179. The van der Waals surface area contributed by atoms with Gasteiger partial charge < -0.3 is 0 Å². The number of allylic oxidation sites excluding steroid dienone is 6. The van der Waals surface area contributed by atoms with Crippen LogP contribution < -0.4 is 0 Å². The van der Waals surface area contributed by atoms with Crippen LogP contribution in [0, 0.1) is 11.3 Å². The molecule has 0 spiro atoms. The van der Waals surface area contributed by atoms with Gasteiger partial charge >= 0.3 is 0 Å². The summed E-state index contributed by atoms with van der Waals surface area (Å²) in [6, 6.07) is 45.1. The summed E-state index contributed by atoms with van der Waals surface area (Å²) in [5.74, 6) is 0.523. The zero-order chi connectivity index (χ0) is 27.7. The van der Waals surface area contributed by atoms with Crippen molar-refractivity contribution in [3.8, 4) is 0 Å². The van der Waals surface area contributed by atoms with E-state index in [1.807, 2.05) is 0 Å². The molecule has 4 aromatic carbocycles. The summed E-state index contributed by atoms with van der Waals surface area (Å²) < 4.78 is 0. The summed E-state index contributed by atoms with van der Waals surface area (Å²) in [5.41, 5.74) is 12.2. The Balaban J connectivity index is 1.32. The first-order valence-electron chi connectivity index (χ1n) is 14.8. The standard InChI is InChI=1S/C39H34P2/c1-26-32-24-40(37(30-20-12-6-13-21-30)33(32)28-16-8-4-9-17-28)35(26)36-27(2)39(3)25-41(36)38(31-22-14-7-15-23-31)34(39)29-18-10-5-11-19-29/h4-23,32H,24-25H2,1-3H3/t32-,39-,40-,41-/m1/s1. The molecule has 0 saturated carbocycles. The van der Waals surface area contributed by atoms with Gasteiger partial charge in [0, 0.05) is 11.3 Å². The molecule has 0 aromatic heterocycles. The fourth-order valence-electron chi connectivity index (χ4n) is 7.88. The van der Waals surface area contributed by atoms with Crippen molar-refractivity contribution in [2.75, 3.05) is 12.3 Å². The molecule has 0 fully saturated rings. The molecule has 0 amide bonds. The second kappa shape index (κ2) is 9.63. The Morgan fingerprint density at radius 1 is 0.537 bits per heavy atom.